The number of carbonyl (C=O) groups excluding carboxylic acids is 1. The Balaban J connectivity index is 1.86. The summed E-state index contributed by atoms with van der Waals surface area (Å²) in [6.07, 6.45) is 1.73. The fourth-order valence-electron chi connectivity index (χ4n) is 1.75. The number of pyridine rings is 1. The van der Waals surface area contributed by atoms with Crippen LogP contribution in [0.2, 0.25) is 0 Å². The normalized spacial score (nSPS) is 10.7. The molecule has 0 unspecified atom stereocenters. The molecule has 0 atom stereocenters. The molecule has 0 saturated heterocycles. The summed E-state index contributed by atoms with van der Waals surface area (Å²) in [5.41, 5.74) is 1.89. The number of rotatable bonds is 3. The molecule has 0 radical (unpaired) electrons. The Bertz CT molecular complexity index is 656. The maximum absolute atomic E-state index is 11.9. The van der Waals surface area contributed by atoms with Crippen molar-refractivity contribution in [2.75, 3.05) is 0 Å². The molecule has 0 aliphatic carbocycles. The van der Waals surface area contributed by atoms with Gasteiger partial charge in [-0.15, -0.1) is 0 Å². The van der Waals surface area contributed by atoms with Gasteiger partial charge in [0.15, 0.2) is 11.4 Å². The van der Waals surface area contributed by atoms with Gasteiger partial charge in [0.25, 0.3) is 0 Å². The molecule has 3 rings (SSSR count). The van der Waals surface area contributed by atoms with Crippen LogP contribution in [0.5, 0.6) is 0 Å². The van der Waals surface area contributed by atoms with Crippen LogP contribution in [0.15, 0.2) is 53.1 Å². The molecule has 0 aliphatic heterocycles. The van der Waals surface area contributed by atoms with Crippen molar-refractivity contribution < 1.29 is 9.21 Å². The highest BCUT2D eigenvalue weighted by molar-refractivity contribution is 5.95. The number of ketones is 1. The summed E-state index contributed by atoms with van der Waals surface area (Å²) in [6, 6.07) is 12.7. The number of benzene rings is 1. The number of oxazole rings is 1. The molecule has 0 saturated carbocycles. The molecule has 4 heteroatoms. The van der Waals surface area contributed by atoms with Crippen LogP contribution in [-0.2, 0) is 6.42 Å². The van der Waals surface area contributed by atoms with Gasteiger partial charge in [-0.25, -0.2) is 4.98 Å². The Labute approximate surface area is 103 Å². The van der Waals surface area contributed by atoms with E-state index in [1.54, 1.807) is 24.4 Å². The number of Topliss-reactive ketones (excluding diaryl/α,β-unsaturated/α-hetero) is 1. The Morgan fingerprint density at radius 1 is 1.11 bits per heavy atom. The second kappa shape index (κ2) is 4.41. The fourth-order valence-corrected chi connectivity index (χ4v) is 1.75. The lowest BCUT2D eigenvalue weighted by atomic mass is 10.2. The molecule has 4 nitrogen and oxygen atoms in total. The first-order chi connectivity index (χ1) is 8.83. The molecule has 0 spiro atoms. The number of hydrogen-bond acceptors (Lipinski definition) is 4. The summed E-state index contributed by atoms with van der Waals surface area (Å²) in [5.74, 6) is 0.328. The summed E-state index contributed by atoms with van der Waals surface area (Å²) in [4.78, 5) is 20.2. The van der Waals surface area contributed by atoms with Crippen molar-refractivity contribution in [3.63, 3.8) is 0 Å². The molecule has 1 aromatic carbocycles. The van der Waals surface area contributed by atoms with Gasteiger partial charge >= 0.3 is 0 Å². The standard InChI is InChI=1S/C14H10N2O2/c17-12(10-5-3-4-8-15-10)9-14-16-11-6-1-2-7-13(11)18-14/h1-8H,9H2. The van der Waals surface area contributed by atoms with Gasteiger partial charge in [0.1, 0.15) is 11.2 Å². The van der Waals surface area contributed by atoms with E-state index < -0.39 is 0 Å². The van der Waals surface area contributed by atoms with Crippen molar-refractivity contribution in [1.29, 1.82) is 0 Å². The second-order valence-electron chi connectivity index (χ2n) is 3.89. The van der Waals surface area contributed by atoms with Gasteiger partial charge in [-0.05, 0) is 24.3 Å². The monoisotopic (exact) mass is 238 g/mol. The smallest absolute Gasteiger partial charge is 0.203 e. The highest BCUT2D eigenvalue weighted by Crippen LogP contribution is 2.15. The van der Waals surface area contributed by atoms with Crippen molar-refractivity contribution in [1.82, 2.24) is 9.97 Å². The van der Waals surface area contributed by atoms with E-state index in [4.69, 9.17) is 4.42 Å². The lowest BCUT2D eigenvalue weighted by molar-refractivity contribution is 0.0981. The zero-order valence-corrected chi connectivity index (χ0v) is 9.54. The number of aromatic nitrogens is 2. The predicted octanol–water partition coefficient (Wildman–Crippen LogP) is 2.65. The third-order valence-electron chi connectivity index (χ3n) is 2.60. The van der Waals surface area contributed by atoms with Gasteiger partial charge < -0.3 is 4.42 Å². The van der Waals surface area contributed by atoms with Gasteiger partial charge in [0.05, 0.1) is 6.42 Å². The molecule has 0 amide bonds. The number of para-hydroxylation sites is 2. The lowest BCUT2D eigenvalue weighted by Crippen LogP contribution is -2.05. The molecule has 2 aromatic heterocycles. The fraction of sp³-hybridized carbons (Fsp3) is 0.0714. The summed E-state index contributed by atoms with van der Waals surface area (Å²) in [7, 11) is 0. The molecule has 0 fully saturated rings. The van der Waals surface area contributed by atoms with Gasteiger partial charge in [-0.2, -0.15) is 0 Å². The van der Waals surface area contributed by atoms with Crippen LogP contribution in [0, 0.1) is 0 Å². The van der Waals surface area contributed by atoms with E-state index in [1.165, 1.54) is 0 Å². The Kier molecular flexibility index (Phi) is 2.61. The first kappa shape index (κ1) is 10.7. The van der Waals surface area contributed by atoms with Crippen molar-refractivity contribution in [3.05, 3.63) is 60.2 Å². The van der Waals surface area contributed by atoms with Crippen LogP contribution in [-0.4, -0.2) is 15.8 Å². The average molecular weight is 238 g/mol. The van der Waals surface area contributed by atoms with Crippen molar-refractivity contribution in [2.24, 2.45) is 0 Å². The lowest BCUT2D eigenvalue weighted by Gasteiger charge is -1.95. The van der Waals surface area contributed by atoms with Gasteiger partial charge in [-0.3, -0.25) is 9.78 Å². The van der Waals surface area contributed by atoms with Crippen LogP contribution in [0.1, 0.15) is 16.4 Å². The maximum atomic E-state index is 11.9. The van der Waals surface area contributed by atoms with E-state index in [0.29, 0.717) is 17.2 Å². The minimum Gasteiger partial charge on any atom is -0.440 e. The number of nitrogens with zero attached hydrogens (tertiary/aromatic N) is 2. The first-order valence-corrected chi connectivity index (χ1v) is 5.61. The largest absolute Gasteiger partial charge is 0.440 e. The number of fused-ring (bicyclic) bond motifs is 1. The minimum absolute atomic E-state index is 0.0952. The topological polar surface area (TPSA) is 56.0 Å². The first-order valence-electron chi connectivity index (χ1n) is 5.61. The summed E-state index contributed by atoms with van der Waals surface area (Å²) < 4.78 is 5.50. The third-order valence-corrected chi connectivity index (χ3v) is 2.60. The van der Waals surface area contributed by atoms with E-state index in [0.717, 1.165) is 5.52 Å². The van der Waals surface area contributed by atoms with E-state index in [1.807, 2.05) is 24.3 Å². The van der Waals surface area contributed by atoms with Crippen LogP contribution in [0.3, 0.4) is 0 Å². The van der Waals surface area contributed by atoms with Gasteiger partial charge in [0.2, 0.25) is 5.89 Å². The van der Waals surface area contributed by atoms with Crippen LogP contribution >= 0.6 is 0 Å². The van der Waals surface area contributed by atoms with E-state index >= 15 is 0 Å². The molecule has 2 heterocycles. The number of carbonyl (C=O) groups is 1. The van der Waals surface area contributed by atoms with Crippen LogP contribution in [0.4, 0.5) is 0 Å². The van der Waals surface area contributed by atoms with Crippen LogP contribution in [0.25, 0.3) is 11.1 Å². The van der Waals surface area contributed by atoms with Crippen molar-refractivity contribution in [3.8, 4) is 0 Å². The third kappa shape index (κ3) is 2.00. The minimum atomic E-state index is -0.0952. The second-order valence-corrected chi connectivity index (χ2v) is 3.89. The van der Waals surface area contributed by atoms with Gasteiger partial charge in [0, 0.05) is 6.20 Å². The molecule has 88 valence electrons. The Hall–Kier alpha value is -2.49. The Morgan fingerprint density at radius 2 is 1.94 bits per heavy atom. The van der Waals surface area contributed by atoms with E-state index in [9.17, 15) is 4.79 Å². The van der Waals surface area contributed by atoms with E-state index in [2.05, 4.69) is 9.97 Å². The zero-order chi connectivity index (χ0) is 12.4. The summed E-state index contributed by atoms with van der Waals surface area (Å²) in [6.45, 7) is 0. The maximum Gasteiger partial charge on any atom is 0.203 e. The highest BCUT2D eigenvalue weighted by atomic mass is 16.3. The molecular weight excluding hydrogens is 228 g/mol. The summed E-state index contributed by atoms with van der Waals surface area (Å²) >= 11 is 0. The SMILES string of the molecule is O=C(Cc1nc2ccccc2o1)c1ccccn1. The number of hydrogen-bond donors (Lipinski definition) is 0. The predicted molar refractivity (Wildman–Crippen MR) is 66.3 cm³/mol. The van der Waals surface area contributed by atoms with Crippen molar-refractivity contribution in [2.45, 2.75) is 6.42 Å². The van der Waals surface area contributed by atoms with E-state index in [-0.39, 0.29) is 12.2 Å². The zero-order valence-electron chi connectivity index (χ0n) is 9.54. The highest BCUT2D eigenvalue weighted by Gasteiger charge is 2.12. The molecular formula is C14H10N2O2. The van der Waals surface area contributed by atoms with Crippen molar-refractivity contribution >= 4 is 16.9 Å². The molecule has 0 aliphatic rings. The quantitative estimate of drug-likeness (QED) is 0.658. The summed E-state index contributed by atoms with van der Waals surface area (Å²) in [5, 5.41) is 0. The Morgan fingerprint density at radius 3 is 2.72 bits per heavy atom. The van der Waals surface area contributed by atoms with Gasteiger partial charge in [-0.1, -0.05) is 18.2 Å². The molecule has 0 N–H and O–H groups in total. The molecule has 18 heavy (non-hydrogen) atoms. The average Bonchev–Trinajstić information content (AvgIpc) is 2.82. The van der Waals surface area contributed by atoms with Crippen LogP contribution < -0.4 is 0 Å². The molecule has 0 bridgehead atoms. The molecule has 3 aromatic rings.